The van der Waals surface area contributed by atoms with E-state index in [1.165, 1.54) is 6.08 Å². The number of ether oxygens (including phenoxy) is 1. The Balaban J connectivity index is 1.73. The normalized spacial score (nSPS) is 21.9. The van der Waals surface area contributed by atoms with E-state index in [9.17, 15) is 27.6 Å². The summed E-state index contributed by atoms with van der Waals surface area (Å²) in [5.41, 5.74) is 3.94. The Morgan fingerprint density at radius 2 is 2.00 bits per heavy atom. The highest BCUT2D eigenvalue weighted by atomic mass is 35.5. The summed E-state index contributed by atoms with van der Waals surface area (Å²) in [5.74, 6) is -0.869. The van der Waals surface area contributed by atoms with Crippen LogP contribution in [-0.2, 0) is 20.5 Å². The molecule has 0 bridgehead atoms. The zero-order chi connectivity index (χ0) is 30.4. The van der Waals surface area contributed by atoms with Crippen LogP contribution in [-0.4, -0.2) is 47.4 Å². The molecule has 4 atom stereocenters. The maximum Gasteiger partial charge on any atom is 0.417 e. The van der Waals surface area contributed by atoms with Crippen molar-refractivity contribution in [3.05, 3.63) is 56.5 Å². The van der Waals surface area contributed by atoms with E-state index in [1.54, 1.807) is 25.2 Å². The summed E-state index contributed by atoms with van der Waals surface area (Å²) >= 11 is 6.06. The number of hydrogen-bond donors (Lipinski definition) is 1. The maximum absolute atomic E-state index is 13.8. The molecule has 1 aromatic rings. The second-order valence-corrected chi connectivity index (χ2v) is 11.2. The summed E-state index contributed by atoms with van der Waals surface area (Å²) in [5, 5.41) is -0.273. The number of imide groups is 1. The van der Waals surface area contributed by atoms with Gasteiger partial charge in [-0.1, -0.05) is 51.0 Å². The number of alkyl halides is 4. The molecular weight excluding hydrogens is 561 g/mol. The average molecular weight is 599 g/mol. The van der Waals surface area contributed by atoms with Crippen molar-refractivity contribution < 1.29 is 31.9 Å². The highest BCUT2D eigenvalue weighted by molar-refractivity contribution is 6.22. The lowest BCUT2D eigenvalue weighted by molar-refractivity contribution is -0.141. The number of unbranched alkanes of at least 4 members (excludes halogenated alkanes) is 1. The number of fused-ring (bicyclic) bond motifs is 1. The van der Waals surface area contributed by atoms with Gasteiger partial charge in [-0.25, -0.2) is 4.79 Å². The molecule has 2 amide bonds. The van der Waals surface area contributed by atoms with Crippen molar-refractivity contribution in [2.45, 2.75) is 88.9 Å². The van der Waals surface area contributed by atoms with E-state index in [0.717, 1.165) is 11.3 Å². The number of carbonyl (C=O) groups excluding carboxylic acids is 2. The summed E-state index contributed by atoms with van der Waals surface area (Å²) in [7, 11) is 0. The molecule has 4 unspecified atom stereocenters. The van der Waals surface area contributed by atoms with Crippen molar-refractivity contribution in [3.63, 3.8) is 0 Å². The maximum atomic E-state index is 13.8. The fourth-order valence-electron chi connectivity index (χ4n) is 5.35. The second kappa shape index (κ2) is 14.0. The number of carbonyl (C=O) groups is 2. The van der Waals surface area contributed by atoms with Crippen LogP contribution in [0.25, 0.3) is 11.6 Å². The van der Waals surface area contributed by atoms with Crippen molar-refractivity contribution >= 4 is 35.6 Å². The lowest BCUT2D eigenvalue weighted by Crippen LogP contribution is -2.54. The number of nitrogens with two attached hydrogens (primary N) is 1. The lowest BCUT2D eigenvalue weighted by Gasteiger charge is -2.31. The van der Waals surface area contributed by atoms with Gasteiger partial charge in [0.15, 0.2) is 0 Å². The fraction of sp³-hybridized carbons (Fsp3) is 0.567. The quantitative estimate of drug-likeness (QED) is 0.208. The van der Waals surface area contributed by atoms with Crippen molar-refractivity contribution in [1.29, 1.82) is 0 Å². The van der Waals surface area contributed by atoms with Crippen molar-refractivity contribution in [2.24, 2.45) is 11.7 Å². The topological polar surface area (TPSA) is 103 Å². The van der Waals surface area contributed by atoms with E-state index in [4.69, 9.17) is 26.5 Å². The summed E-state index contributed by atoms with van der Waals surface area (Å²) < 4.78 is 53.0. The Morgan fingerprint density at radius 1 is 1.27 bits per heavy atom. The molecule has 3 rings (SSSR count). The fourth-order valence-corrected chi connectivity index (χ4v) is 5.51. The van der Waals surface area contributed by atoms with Gasteiger partial charge < -0.3 is 14.9 Å². The van der Waals surface area contributed by atoms with Crippen LogP contribution in [0, 0.1) is 5.92 Å². The average Bonchev–Trinajstić information content (AvgIpc) is 2.91. The Hall–Kier alpha value is -2.69. The van der Waals surface area contributed by atoms with E-state index >= 15 is 0 Å². The van der Waals surface area contributed by atoms with Crippen molar-refractivity contribution in [2.75, 3.05) is 13.2 Å². The molecule has 0 aromatic carbocycles. The van der Waals surface area contributed by atoms with E-state index in [2.05, 4.69) is 0 Å². The number of hydrogen-bond acceptors (Lipinski definition) is 6. The van der Waals surface area contributed by atoms with Gasteiger partial charge in [-0.15, -0.1) is 11.6 Å². The third-order valence-electron chi connectivity index (χ3n) is 7.42. The van der Waals surface area contributed by atoms with Gasteiger partial charge in [-0.05, 0) is 44.6 Å². The Morgan fingerprint density at radius 3 is 2.59 bits per heavy atom. The van der Waals surface area contributed by atoms with Crippen LogP contribution >= 0.6 is 11.6 Å². The molecule has 2 aliphatic carbocycles. The van der Waals surface area contributed by atoms with Gasteiger partial charge in [0.2, 0.25) is 6.41 Å². The summed E-state index contributed by atoms with van der Waals surface area (Å²) in [6.07, 6.45) is 5.76. The van der Waals surface area contributed by atoms with Gasteiger partial charge in [0.05, 0.1) is 17.0 Å². The van der Waals surface area contributed by atoms with Crippen molar-refractivity contribution in [3.8, 4) is 0 Å². The highest BCUT2D eigenvalue weighted by Crippen LogP contribution is 2.31. The van der Waals surface area contributed by atoms with Gasteiger partial charge in [-0.3, -0.25) is 14.5 Å². The molecule has 1 aromatic heterocycles. The number of halogens is 4. The molecule has 0 spiro atoms. The predicted octanol–water partition coefficient (Wildman–Crippen LogP) is 4.18. The zero-order valence-electron chi connectivity index (χ0n) is 23.6. The Labute approximate surface area is 242 Å². The molecule has 0 fully saturated rings. The molecule has 7 nitrogen and oxygen atoms in total. The third kappa shape index (κ3) is 7.78. The van der Waals surface area contributed by atoms with Crippen LogP contribution < -0.4 is 22.0 Å². The number of nitrogens with zero attached hydrogens (tertiary/aromatic N) is 1. The van der Waals surface area contributed by atoms with E-state index < -0.39 is 34.9 Å². The number of amides is 2. The minimum atomic E-state index is -4.70. The van der Waals surface area contributed by atoms with Gasteiger partial charge in [0, 0.05) is 35.9 Å². The minimum Gasteiger partial charge on any atom is -0.423 e. The van der Waals surface area contributed by atoms with Gasteiger partial charge >= 0.3 is 11.8 Å². The molecule has 1 heterocycles. The molecule has 2 aliphatic rings. The predicted molar refractivity (Wildman–Crippen MR) is 151 cm³/mol. The first-order valence-electron chi connectivity index (χ1n) is 14.0. The van der Waals surface area contributed by atoms with Crippen LogP contribution in [0.4, 0.5) is 13.2 Å². The van der Waals surface area contributed by atoms with E-state index in [-0.39, 0.29) is 35.1 Å². The molecule has 41 heavy (non-hydrogen) atoms. The zero-order valence-corrected chi connectivity index (χ0v) is 24.4. The standard InChI is InChI=1S/C30H38ClF3N2O5/c1-4-8-19-16-23-24(30(32,33)34)17-25(38)41-27(23)22(9-5-2)26(19)40-15-7-6-14-36(18-37)28(39)29(3,35)20-10-12-21(31)13-11-20/h10-12,16-19,21,26H,4-9,13-15,35H2,1-3H3. The SMILES string of the molecule is CCCC1=c2oc(=O)cc(C(F)(F)F)c2=CC(CCC)C1OCCCCN(C=O)C(=O)C(C)(N)C1=CCC(Cl)C=C1. The summed E-state index contributed by atoms with van der Waals surface area (Å²) in [6.45, 7) is 5.75. The molecule has 11 heteroatoms. The number of rotatable bonds is 13. The van der Waals surface area contributed by atoms with Crippen molar-refractivity contribution in [1.82, 2.24) is 4.90 Å². The molecular formula is C30H38ClF3N2O5. The van der Waals surface area contributed by atoms with E-state index in [0.29, 0.717) is 62.1 Å². The molecule has 0 aliphatic heterocycles. The highest BCUT2D eigenvalue weighted by Gasteiger charge is 2.38. The van der Waals surface area contributed by atoms with Gasteiger partial charge in [-0.2, -0.15) is 13.2 Å². The number of allylic oxidation sites excluding steroid dienone is 2. The Kier molecular flexibility index (Phi) is 11.2. The van der Waals surface area contributed by atoms with Gasteiger partial charge in [0.25, 0.3) is 5.91 Å². The van der Waals surface area contributed by atoms with Crippen LogP contribution in [0.1, 0.15) is 71.3 Å². The Bertz CT molecular complexity index is 1350. The largest absolute Gasteiger partial charge is 0.423 e. The minimum absolute atomic E-state index is 0.0597. The van der Waals surface area contributed by atoms with Crippen LogP contribution in [0.15, 0.2) is 39.1 Å². The van der Waals surface area contributed by atoms with Crippen LogP contribution in [0.2, 0.25) is 0 Å². The van der Waals surface area contributed by atoms with E-state index in [1.807, 2.05) is 13.8 Å². The monoisotopic (exact) mass is 598 g/mol. The first-order chi connectivity index (χ1) is 19.3. The second-order valence-electron chi connectivity index (χ2n) is 10.7. The lowest BCUT2D eigenvalue weighted by atomic mass is 9.84. The molecule has 0 saturated carbocycles. The molecule has 226 valence electrons. The molecule has 0 saturated heterocycles. The summed E-state index contributed by atoms with van der Waals surface area (Å²) in [4.78, 5) is 38.0. The first kappa shape index (κ1) is 32.8. The van der Waals surface area contributed by atoms with Crippen LogP contribution in [0.3, 0.4) is 0 Å². The van der Waals surface area contributed by atoms with Crippen LogP contribution in [0.5, 0.6) is 0 Å². The third-order valence-corrected chi connectivity index (χ3v) is 7.75. The van der Waals surface area contributed by atoms with Gasteiger partial charge in [0.1, 0.15) is 11.0 Å². The molecule has 2 N–H and O–H groups in total. The smallest absolute Gasteiger partial charge is 0.417 e. The first-order valence-corrected chi connectivity index (χ1v) is 14.4. The summed E-state index contributed by atoms with van der Waals surface area (Å²) in [6, 6.07) is 0.505. The molecule has 0 radical (unpaired) electrons.